The highest BCUT2D eigenvalue weighted by atomic mass is 16.3. The lowest BCUT2D eigenvalue weighted by molar-refractivity contribution is 0.663. The number of furan rings is 2. The van der Waals surface area contributed by atoms with E-state index in [2.05, 4.69) is 109 Å². The summed E-state index contributed by atoms with van der Waals surface area (Å²) in [5.41, 5.74) is 9.14. The molecule has 0 spiro atoms. The van der Waals surface area contributed by atoms with Crippen LogP contribution in [0.3, 0.4) is 0 Å². The van der Waals surface area contributed by atoms with Crippen LogP contribution < -0.4 is 0 Å². The average molecular weight is 563 g/mol. The predicted molar refractivity (Wildman–Crippen MR) is 180 cm³/mol. The summed E-state index contributed by atoms with van der Waals surface area (Å²) in [6.07, 6.45) is 1.89. The van der Waals surface area contributed by atoms with E-state index in [0.29, 0.717) is 0 Å². The molecule has 0 unspecified atom stereocenters. The van der Waals surface area contributed by atoms with Crippen LogP contribution in [0.25, 0.3) is 98.8 Å². The minimum absolute atomic E-state index is 0.815. The van der Waals surface area contributed by atoms with E-state index in [1.165, 1.54) is 10.8 Å². The van der Waals surface area contributed by atoms with Crippen LogP contribution in [0, 0.1) is 0 Å². The van der Waals surface area contributed by atoms with Crippen LogP contribution in [0.4, 0.5) is 0 Å². The fourth-order valence-corrected chi connectivity index (χ4v) is 6.90. The highest BCUT2D eigenvalue weighted by Gasteiger charge is 2.19. The van der Waals surface area contributed by atoms with Gasteiger partial charge in [0.25, 0.3) is 0 Å². The van der Waals surface area contributed by atoms with Crippen molar-refractivity contribution in [3.63, 3.8) is 0 Å². The molecule has 7 aromatic carbocycles. The van der Waals surface area contributed by atoms with Gasteiger partial charge < -0.3 is 8.83 Å². The maximum Gasteiger partial charge on any atom is 0.147 e. The van der Waals surface area contributed by atoms with Gasteiger partial charge in [-0.1, -0.05) is 103 Å². The van der Waals surface area contributed by atoms with Gasteiger partial charge in [0.15, 0.2) is 0 Å². The summed E-state index contributed by atoms with van der Waals surface area (Å²) in [6, 6.07) is 44.0. The van der Waals surface area contributed by atoms with Gasteiger partial charge in [-0.15, -0.1) is 0 Å². The van der Waals surface area contributed by atoms with Gasteiger partial charge in [-0.25, -0.2) is 4.98 Å². The Hall–Kier alpha value is -6.00. The Kier molecular flexibility index (Phi) is 4.69. The molecule has 4 heteroatoms. The Morgan fingerprint density at radius 3 is 1.93 bits per heavy atom. The summed E-state index contributed by atoms with van der Waals surface area (Å²) in [5, 5.41) is 8.85. The lowest BCUT2D eigenvalue weighted by Gasteiger charge is -2.11. The van der Waals surface area contributed by atoms with Crippen LogP contribution in [0.15, 0.2) is 142 Å². The van der Waals surface area contributed by atoms with Crippen molar-refractivity contribution in [3.05, 3.63) is 134 Å². The maximum atomic E-state index is 6.55. The normalized spacial score (nSPS) is 12.1. The third-order valence-corrected chi connectivity index (χ3v) is 8.90. The number of hydrogen-bond donors (Lipinski definition) is 0. The Labute approximate surface area is 250 Å². The molecule has 204 valence electrons. The van der Waals surface area contributed by atoms with Crippen LogP contribution >= 0.6 is 0 Å². The van der Waals surface area contributed by atoms with E-state index < -0.39 is 0 Å². The fourth-order valence-electron chi connectivity index (χ4n) is 6.90. The van der Waals surface area contributed by atoms with E-state index >= 15 is 0 Å². The summed E-state index contributed by atoms with van der Waals surface area (Å²) in [4.78, 5) is 10.2. The minimum atomic E-state index is 0.815. The first-order valence-corrected chi connectivity index (χ1v) is 14.7. The second kappa shape index (κ2) is 8.76. The molecule has 0 amide bonds. The molecule has 0 N–H and O–H groups in total. The molecule has 44 heavy (non-hydrogen) atoms. The smallest absolute Gasteiger partial charge is 0.147 e. The van der Waals surface area contributed by atoms with E-state index in [4.69, 9.17) is 18.8 Å². The molecule has 0 atom stereocenters. The quantitative estimate of drug-likeness (QED) is 0.197. The predicted octanol–water partition coefficient (Wildman–Crippen LogP) is 11.1. The number of fused-ring (bicyclic) bond motifs is 13. The Morgan fingerprint density at radius 1 is 0.432 bits per heavy atom. The van der Waals surface area contributed by atoms with Crippen molar-refractivity contribution in [2.75, 3.05) is 0 Å². The SMILES string of the molecule is c1cc(-c2cnc3c4ccccc4c4ccccc4c3n2)cc(-c2cccc3c2oc2ccc4c5ccccc5oc4c23)c1. The zero-order chi connectivity index (χ0) is 28.8. The van der Waals surface area contributed by atoms with Crippen LogP contribution in [0.2, 0.25) is 0 Å². The van der Waals surface area contributed by atoms with Gasteiger partial charge in [0.1, 0.15) is 22.3 Å². The summed E-state index contributed by atoms with van der Waals surface area (Å²) in [7, 11) is 0. The van der Waals surface area contributed by atoms with Gasteiger partial charge in [-0.2, -0.15) is 0 Å². The topological polar surface area (TPSA) is 52.1 Å². The molecule has 0 aliphatic rings. The summed E-state index contributed by atoms with van der Waals surface area (Å²) in [5.74, 6) is 0. The van der Waals surface area contributed by atoms with Crippen LogP contribution in [0.5, 0.6) is 0 Å². The van der Waals surface area contributed by atoms with Crippen LogP contribution in [-0.2, 0) is 0 Å². The molecule has 10 aromatic rings. The molecule has 0 bridgehead atoms. The van der Waals surface area contributed by atoms with Crippen molar-refractivity contribution >= 4 is 76.5 Å². The zero-order valence-corrected chi connectivity index (χ0v) is 23.4. The fraction of sp³-hybridized carbons (Fsp3) is 0. The zero-order valence-electron chi connectivity index (χ0n) is 23.4. The van der Waals surface area contributed by atoms with Crippen molar-refractivity contribution in [3.8, 4) is 22.4 Å². The first kappa shape index (κ1) is 23.6. The second-order valence-corrected chi connectivity index (χ2v) is 11.3. The Balaban J connectivity index is 1.17. The molecule has 3 heterocycles. The van der Waals surface area contributed by atoms with Gasteiger partial charge in [-0.3, -0.25) is 4.98 Å². The molecule has 0 radical (unpaired) electrons. The highest BCUT2D eigenvalue weighted by molar-refractivity contribution is 6.24. The lowest BCUT2D eigenvalue weighted by Crippen LogP contribution is -1.92. The van der Waals surface area contributed by atoms with Crippen molar-refractivity contribution in [2.45, 2.75) is 0 Å². The molecular formula is C40H22N2O2. The lowest BCUT2D eigenvalue weighted by atomic mass is 9.98. The molecular weight excluding hydrogens is 540 g/mol. The summed E-state index contributed by atoms with van der Waals surface area (Å²) >= 11 is 0. The molecule has 0 fully saturated rings. The van der Waals surface area contributed by atoms with Crippen LogP contribution in [0.1, 0.15) is 0 Å². The number of para-hydroxylation sites is 2. The van der Waals surface area contributed by atoms with E-state index in [-0.39, 0.29) is 0 Å². The Morgan fingerprint density at radius 2 is 1.09 bits per heavy atom. The maximum absolute atomic E-state index is 6.55. The highest BCUT2D eigenvalue weighted by Crippen LogP contribution is 2.42. The molecule has 10 rings (SSSR count). The second-order valence-electron chi connectivity index (χ2n) is 11.3. The summed E-state index contributed by atoms with van der Waals surface area (Å²) < 4.78 is 12.9. The number of rotatable bonds is 2. The molecule has 0 saturated heterocycles. The molecule has 0 aliphatic heterocycles. The van der Waals surface area contributed by atoms with Crippen molar-refractivity contribution in [2.24, 2.45) is 0 Å². The van der Waals surface area contributed by atoms with E-state index in [0.717, 1.165) is 88.1 Å². The largest absolute Gasteiger partial charge is 0.455 e. The van der Waals surface area contributed by atoms with Gasteiger partial charge in [0.05, 0.1) is 28.3 Å². The Bertz CT molecular complexity index is 2750. The third kappa shape index (κ3) is 3.22. The van der Waals surface area contributed by atoms with E-state index in [9.17, 15) is 0 Å². The molecule has 3 aromatic heterocycles. The molecule has 4 nitrogen and oxygen atoms in total. The standard InChI is InChI=1S/C40H22N2O2/c1-3-14-29-26(11-1)27-12-2-4-15-30(27)38-37(29)41-22-33(42-38)24-10-7-9-23(21-24)25-16-8-17-32-36-35(44-39(25)32)20-19-31-28-13-5-6-18-34(28)43-40(31)36/h1-22H. The third-order valence-electron chi connectivity index (χ3n) is 8.90. The van der Waals surface area contributed by atoms with E-state index in [1.54, 1.807) is 0 Å². The first-order valence-electron chi connectivity index (χ1n) is 14.7. The van der Waals surface area contributed by atoms with Crippen molar-refractivity contribution < 1.29 is 8.83 Å². The number of hydrogen-bond acceptors (Lipinski definition) is 4. The molecule has 0 saturated carbocycles. The number of benzene rings is 7. The molecule has 0 aliphatic carbocycles. The first-order chi connectivity index (χ1) is 21.8. The van der Waals surface area contributed by atoms with Gasteiger partial charge >= 0.3 is 0 Å². The average Bonchev–Trinajstić information content (AvgIpc) is 3.67. The minimum Gasteiger partial charge on any atom is -0.455 e. The number of aromatic nitrogens is 2. The summed E-state index contributed by atoms with van der Waals surface area (Å²) in [6.45, 7) is 0. The monoisotopic (exact) mass is 562 g/mol. The van der Waals surface area contributed by atoms with Gasteiger partial charge in [0, 0.05) is 38.1 Å². The number of nitrogens with zero attached hydrogens (tertiary/aromatic N) is 2. The van der Waals surface area contributed by atoms with Crippen LogP contribution in [-0.4, -0.2) is 9.97 Å². The van der Waals surface area contributed by atoms with E-state index in [1.807, 2.05) is 24.4 Å². The van der Waals surface area contributed by atoms with Crippen molar-refractivity contribution in [1.29, 1.82) is 0 Å². The van der Waals surface area contributed by atoms with Crippen molar-refractivity contribution in [1.82, 2.24) is 9.97 Å². The van der Waals surface area contributed by atoms with Gasteiger partial charge in [0.2, 0.25) is 0 Å². The van der Waals surface area contributed by atoms with Gasteiger partial charge in [-0.05, 0) is 40.6 Å².